The van der Waals surface area contributed by atoms with Crippen LogP contribution in [0.2, 0.25) is 0 Å². The smallest absolute Gasteiger partial charge is 0.354 e. The van der Waals surface area contributed by atoms with Crippen LogP contribution in [0.1, 0.15) is 48.2 Å². The van der Waals surface area contributed by atoms with Gasteiger partial charge in [-0.15, -0.1) is 0 Å². The minimum Gasteiger partial charge on any atom is -0.492 e. The maximum atomic E-state index is 11.1. The van der Waals surface area contributed by atoms with Gasteiger partial charge in [-0.3, -0.25) is 4.68 Å². The molecule has 2 aromatic rings. The summed E-state index contributed by atoms with van der Waals surface area (Å²) in [4.78, 5) is 11.1. The van der Waals surface area contributed by atoms with E-state index < -0.39 is 5.97 Å². The van der Waals surface area contributed by atoms with E-state index in [2.05, 4.69) is 11.2 Å². The van der Waals surface area contributed by atoms with E-state index in [1.807, 2.05) is 6.07 Å². The molecule has 1 aliphatic carbocycles. The average molecular weight is 339 g/mol. The van der Waals surface area contributed by atoms with Gasteiger partial charge < -0.3 is 9.84 Å². The van der Waals surface area contributed by atoms with Crippen LogP contribution in [0.25, 0.3) is 11.3 Å². The first-order valence-electron chi connectivity index (χ1n) is 8.53. The second kappa shape index (κ2) is 7.39. The molecule has 0 bridgehead atoms. The number of nitrogens with zero attached hydrogens (tertiary/aromatic N) is 3. The van der Waals surface area contributed by atoms with Crippen LogP contribution in [0.5, 0.6) is 5.75 Å². The van der Waals surface area contributed by atoms with Gasteiger partial charge in [0.25, 0.3) is 0 Å². The van der Waals surface area contributed by atoms with Gasteiger partial charge in [0.2, 0.25) is 0 Å². The molecule has 1 fully saturated rings. The number of rotatable bonds is 5. The Bertz CT molecular complexity index is 814. The molecule has 1 aromatic heterocycles. The largest absolute Gasteiger partial charge is 0.492 e. The van der Waals surface area contributed by atoms with Gasteiger partial charge in [0.05, 0.1) is 17.9 Å². The Kier molecular flexibility index (Phi) is 5.03. The molecular formula is C19H21N3O3. The second-order valence-electron chi connectivity index (χ2n) is 6.48. The van der Waals surface area contributed by atoms with Crippen LogP contribution in [-0.4, -0.2) is 27.5 Å². The molecule has 0 unspecified atom stereocenters. The number of aromatic nitrogens is 2. The molecule has 1 aliphatic rings. The first-order valence-corrected chi connectivity index (χ1v) is 8.53. The minimum absolute atomic E-state index is 0.103. The van der Waals surface area contributed by atoms with Crippen LogP contribution in [-0.2, 0) is 7.05 Å². The number of carboxylic acids is 1. The number of nitriles is 1. The van der Waals surface area contributed by atoms with Crippen LogP contribution in [0.15, 0.2) is 24.3 Å². The third-order valence-corrected chi connectivity index (χ3v) is 4.69. The molecule has 0 spiro atoms. The molecule has 1 aromatic carbocycles. The molecule has 0 atom stereocenters. The summed E-state index contributed by atoms with van der Waals surface area (Å²) in [5.41, 5.74) is 1.77. The van der Waals surface area contributed by atoms with Crippen LogP contribution < -0.4 is 4.74 Å². The maximum absolute atomic E-state index is 11.1. The minimum atomic E-state index is -1.03. The van der Waals surface area contributed by atoms with Crippen molar-refractivity contribution in [3.63, 3.8) is 0 Å². The Morgan fingerprint density at radius 3 is 2.76 bits per heavy atom. The molecule has 1 heterocycles. The first-order chi connectivity index (χ1) is 12.1. The number of aromatic carboxylic acids is 1. The fourth-order valence-electron chi connectivity index (χ4n) is 3.27. The van der Waals surface area contributed by atoms with Crippen LogP contribution in [0.3, 0.4) is 0 Å². The van der Waals surface area contributed by atoms with Crippen molar-refractivity contribution >= 4 is 5.97 Å². The van der Waals surface area contributed by atoms with E-state index >= 15 is 0 Å². The van der Waals surface area contributed by atoms with Crippen molar-refractivity contribution in [2.45, 2.75) is 32.1 Å². The van der Waals surface area contributed by atoms with E-state index in [9.17, 15) is 10.1 Å². The van der Waals surface area contributed by atoms with Gasteiger partial charge in [-0.25, -0.2) is 4.79 Å². The first kappa shape index (κ1) is 17.0. The third-order valence-electron chi connectivity index (χ3n) is 4.69. The molecule has 0 saturated heterocycles. The van der Waals surface area contributed by atoms with Gasteiger partial charge in [-0.05, 0) is 43.0 Å². The lowest BCUT2D eigenvalue weighted by atomic mass is 9.90. The Balaban J connectivity index is 1.78. The van der Waals surface area contributed by atoms with Gasteiger partial charge in [0.1, 0.15) is 17.5 Å². The predicted molar refractivity (Wildman–Crippen MR) is 92.4 cm³/mol. The standard InChI is InChI=1S/C19H21N3O3/c1-22-17(19(23)24)10-16(21-22)14-7-8-18(15(9-14)11-20)25-12-13-5-3-2-4-6-13/h7-10,13H,2-6,12H2,1H3,(H,23,24). The summed E-state index contributed by atoms with van der Waals surface area (Å²) in [6, 6.07) is 8.94. The lowest BCUT2D eigenvalue weighted by Gasteiger charge is -2.22. The molecule has 130 valence electrons. The van der Waals surface area contributed by atoms with E-state index in [1.165, 1.54) is 42.9 Å². The summed E-state index contributed by atoms with van der Waals surface area (Å²) in [6.45, 7) is 0.640. The molecule has 1 N–H and O–H groups in total. The SMILES string of the molecule is Cn1nc(-c2ccc(OCC3CCCCC3)c(C#N)c2)cc1C(=O)O. The van der Waals surface area contributed by atoms with Crippen LogP contribution >= 0.6 is 0 Å². The third kappa shape index (κ3) is 3.82. The summed E-state index contributed by atoms with van der Waals surface area (Å²) in [6.07, 6.45) is 6.18. The maximum Gasteiger partial charge on any atom is 0.354 e. The summed E-state index contributed by atoms with van der Waals surface area (Å²) in [5, 5.41) is 22.8. The zero-order chi connectivity index (χ0) is 17.8. The highest BCUT2D eigenvalue weighted by molar-refractivity contribution is 5.87. The molecular weight excluding hydrogens is 318 g/mol. The number of hydrogen-bond donors (Lipinski definition) is 1. The molecule has 6 nitrogen and oxygen atoms in total. The molecule has 0 aliphatic heterocycles. The molecule has 1 saturated carbocycles. The molecule has 25 heavy (non-hydrogen) atoms. The van der Waals surface area contributed by atoms with E-state index in [-0.39, 0.29) is 5.69 Å². The summed E-state index contributed by atoms with van der Waals surface area (Å²) >= 11 is 0. The normalized spacial score (nSPS) is 14.9. The van der Waals surface area contributed by atoms with Gasteiger partial charge in [-0.2, -0.15) is 10.4 Å². The van der Waals surface area contributed by atoms with E-state index in [0.717, 1.165) is 0 Å². The van der Waals surface area contributed by atoms with Gasteiger partial charge >= 0.3 is 5.97 Å². The lowest BCUT2D eigenvalue weighted by molar-refractivity contribution is 0.0685. The fourth-order valence-corrected chi connectivity index (χ4v) is 3.27. The zero-order valence-corrected chi connectivity index (χ0v) is 14.2. The number of ether oxygens (including phenoxy) is 1. The highest BCUT2D eigenvalue weighted by Gasteiger charge is 2.17. The van der Waals surface area contributed by atoms with E-state index in [4.69, 9.17) is 9.84 Å². The number of carboxylic acid groups (broad SMARTS) is 1. The van der Waals surface area contributed by atoms with Crippen molar-refractivity contribution in [3.8, 4) is 23.1 Å². The second-order valence-corrected chi connectivity index (χ2v) is 6.48. The van der Waals surface area contributed by atoms with Crippen molar-refractivity contribution in [2.75, 3.05) is 6.61 Å². The van der Waals surface area contributed by atoms with Crippen molar-refractivity contribution in [1.29, 1.82) is 5.26 Å². The zero-order valence-electron chi connectivity index (χ0n) is 14.2. The van der Waals surface area contributed by atoms with E-state index in [1.54, 1.807) is 19.2 Å². The van der Waals surface area contributed by atoms with Crippen molar-refractivity contribution in [1.82, 2.24) is 9.78 Å². The molecule has 6 heteroatoms. The highest BCUT2D eigenvalue weighted by atomic mass is 16.5. The molecule has 0 amide bonds. The van der Waals surface area contributed by atoms with Crippen molar-refractivity contribution < 1.29 is 14.6 Å². The van der Waals surface area contributed by atoms with Crippen molar-refractivity contribution in [2.24, 2.45) is 13.0 Å². The van der Waals surface area contributed by atoms with Gasteiger partial charge in [0, 0.05) is 12.6 Å². The highest BCUT2D eigenvalue weighted by Crippen LogP contribution is 2.28. The Morgan fingerprint density at radius 2 is 2.12 bits per heavy atom. The van der Waals surface area contributed by atoms with Crippen molar-refractivity contribution in [3.05, 3.63) is 35.5 Å². The molecule has 3 rings (SSSR count). The lowest BCUT2D eigenvalue weighted by Crippen LogP contribution is -2.15. The molecule has 0 radical (unpaired) electrons. The van der Waals surface area contributed by atoms with E-state index in [0.29, 0.717) is 35.1 Å². The average Bonchev–Trinajstić information content (AvgIpc) is 3.02. The van der Waals surface area contributed by atoms with Crippen LogP contribution in [0, 0.1) is 17.2 Å². The summed E-state index contributed by atoms with van der Waals surface area (Å²) < 4.78 is 7.20. The quantitative estimate of drug-likeness (QED) is 0.899. The van der Waals surface area contributed by atoms with Crippen LogP contribution in [0.4, 0.5) is 0 Å². The Labute approximate surface area is 146 Å². The predicted octanol–water partition coefficient (Wildman–Crippen LogP) is 3.62. The monoisotopic (exact) mass is 339 g/mol. The van der Waals surface area contributed by atoms with Gasteiger partial charge in [0.15, 0.2) is 0 Å². The number of benzene rings is 1. The summed E-state index contributed by atoms with van der Waals surface area (Å²) in [5.74, 6) is 0.106. The topological polar surface area (TPSA) is 88.1 Å². The number of carbonyl (C=O) groups is 1. The number of hydrogen-bond acceptors (Lipinski definition) is 4. The summed E-state index contributed by atoms with van der Waals surface area (Å²) in [7, 11) is 1.58. The van der Waals surface area contributed by atoms with Gasteiger partial charge in [-0.1, -0.05) is 19.3 Å². The fraction of sp³-hybridized carbons (Fsp3) is 0.421. The Morgan fingerprint density at radius 1 is 1.36 bits per heavy atom. The Hall–Kier alpha value is -2.81. The number of aryl methyl sites for hydroxylation is 1.